The van der Waals surface area contributed by atoms with Crippen LogP contribution in [0.25, 0.3) is 45.0 Å². The van der Waals surface area contributed by atoms with Gasteiger partial charge in [0.2, 0.25) is 35.5 Å². The third-order valence-corrected chi connectivity index (χ3v) is 13.1. The lowest BCUT2D eigenvalue weighted by Gasteiger charge is -2.40. The number of hydrogen-bond acceptors (Lipinski definition) is 12. The van der Waals surface area contributed by atoms with Gasteiger partial charge in [0.1, 0.15) is 11.5 Å². The van der Waals surface area contributed by atoms with Gasteiger partial charge in [0, 0.05) is 48.4 Å². The van der Waals surface area contributed by atoms with Crippen LogP contribution < -0.4 is 20.1 Å². The first kappa shape index (κ1) is 49.8. The predicted molar refractivity (Wildman–Crippen MR) is 260 cm³/mol. The highest BCUT2D eigenvalue weighted by molar-refractivity contribution is 5.85. The number of halogens is 6. The molecule has 20 heteroatoms. The van der Waals surface area contributed by atoms with E-state index in [4.69, 9.17) is 18.8 Å². The maximum atomic E-state index is 12.6. The van der Waals surface area contributed by atoms with Crippen molar-refractivity contribution >= 4 is 45.3 Å². The Balaban J connectivity index is 0.000000178. The Morgan fingerprint density at radius 3 is 1.24 bits per heavy atom. The number of anilines is 4. The van der Waals surface area contributed by atoms with Crippen molar-refractivity contribution in [1.82, 2.24) is 39.5 Å². The summed E-state index contributed by atoms with van der Waals surface area (Å²) in [5.41, 5.74) is 6.55. The number of imidazole rings is 2. The number of hydrogen-bond donors (Lipinski definition) is 2. The Labute approximate surface area is 411 Å². The molecule has 2 saturated carbocycles. The van der Waals surface area contributed by atoms with Crippen molar-refractivity contribution in [3.63, 3.8) is 0 Å². The minimum absolute atomic E-state index is 0.175. The minimum atomic E-state index is -4.73. The van der Waals surface area contributed by atoms with E-state index in [0.29, 0.717) is 58.7 Å². The lowest BCUT2D eigenvalue weighted by Crippen LogP contribution is -2.29. The number of fused-ring (bicyclic) bond motifs is 2. The van der Waals surface area contributed by atoms with Crippen LogP contribution in [0.5, 0.6) is 11.5 Å². The highest BCUT2D eigenvalue weighted by Gasteiger charge is 2.37. The fourth-order valence-corrected chi connectivity index (χ4v) is 10.9. The molecule has 0 bridgehead atoms. The summed E-state index contributed by atoms with van der Waals surface area (Å²) in [4.78, 5) is 9.76. The Morgan fingerprint density at radius 1 is 0.542 bits per heavy atom. The number of rotatable bonds is 10. The molecule has 2 fully saturated rings. The number of ether oxygens (including phenoxy) is 2. The van der Waals surface area contributed by atoms with E-state index >= 15 is 0 Å². The predicted octanol–water partition coefficient (Wildman–Crippen LogP) is 14.8. The largest absolute Gasteiger partial charge is 0.573 e. The molecule has 4 aromatic heterocycles. The highest BCUT2D eigenvalue weighted by atomic mass is 19.4. The molecule has 0 saturated heterocycles. The van der Waals surface area contributed by atoms with E-state index in [1.165, 1.54) is 24.3 Å². The number of aromatic nitrogens is 8. The fraction of sp³-hybridized carbons (Fsp3) is 0.423. The summed E-state index contributed by atoms with van der Waals surface area (Å²) in [5, 5.41) is 22.7. The van der Waals surface area contributed by atoms with Crippen molar-refractivity contribution in [2.45, 2.75) is 119 Å². The molecule has 0 spiro atoms. The summed E-state index contributed by atoms with van der Waals surface area (Å²) < 4.78 is 98.9. The minimum Gasteiger partial charge on any atom is -0.421 e. The van der Waals surface area contributed by atoms with Gasteiger partial charge in [0.15, 0.2) is 0 Å². The molecule has 72 heavy (non-hydrogen) atoms. The maximum absolute atomic E-state index is 12.6. The lowest BCUT2D eigenvalue weighted by molar-refractivity contribution is -0.275. The van der Waals surface area contributed by atoms with Gasteiger partial charge < -0.3 is 38.1 Å². The molecule has 14 nitrogen and oxygen atoms in total. The van der Waals surface area contributed by atoms with Gasteiger partial charge in [-0.1, -0.05) is 41.5 Å². The standard InChI is InChI=1S/2C26H28F3N5O2/c2*1-15-11-19(14-25(3,4)13-15)34-22-10-5-17(23-33-32-16(2)35-23)12-21(22)31-24(34)30-18-6-8-20(9-7-18)36-26(27,28)29/h2*5-10,12,15,19H,11,13-14H2,1-4H3,(H,30,31)/t2*15-,19+/m10/s1. The van der Waals surface area contributed by atoms with Crippen LogP contribution >= 0.6 is 0 Å². The van der Waals surface area contributed by atoms with Gasteiger partial charge >= 0.3 is 12.7 Å². The molecular formula is C52H56F6N10O4. The van der Waals surface area contributed by atoms with E-state index < -0.39 is 12.7 Å². The molecule has 4 atom stereocenters. The maximum Gasteiger partial charge on any atom is 0.573 e. The monoisotopic (exact) mass is 998 g/mol. The van der Waals surface area contributed by atoms with Crippen LogP contribution in [0.15, 0.2) is 93.8 Å². The summed E-state index contributed by atoms with van der Waals surface area (Å²) in [6.45, 7) is 17.2. The highest BCUT2D eigenvalue weighted by Crippen LogP contribution is 2.48. The van der Waals surface area contributed by atoms with E-state index in [1.807, 2.05) is 36.4 Å². The summed E-state index contributed by atoms with van der Waals surface area (Å²) in [6, 6.07) is 23.5. The molecule has 4 heterocycles. The summed E-state index contributed by atoms with van der Waals surface area (Å²) >= 11 is 0. The molecule has 2 N–H and O–H groups in total. The van der Waals surface area contributed by atoms with Gasteiger partial charge in [-0.05, 0) is 146 Å². The number of nitrogens with one attached hydrogen (secondary N) is 2. The van der Waals surface area contributed by atoms with Crippen LogP contribution in [-0.4, -0.2) is 52.2 Å². The molecule has 0 radical (unpaired) electrons. The van der Waals surface area contributed by atoms with Crippen LogP contribution in [0, 0.1) is 36.5 Å². The van der Waals surface area contributed by atoms with Gasteiger partial charge in [0.25, 0.3) is 0 Å². The second-order valence-electron chi connectivity index (χ2n) is 20.8. The van der Waals surface area contributed by atoms with Gasteiger partial charge in [-0.3, -0.25) is 0 Å². The second-order valence-corrected chi connectivity index (χ2v) is 20.8. The molecule has 380 valence electrons. The quantitative estimate of drug-likeness (QED) is 0.125. The van der Waals surface area contributed by atoms with Crippen LogP contribution in [0.4, 0.5) is 49.6 Å². The van der Waals surface area contributed by atoms with Gasteiger partial charge in [-0.15, -0.1) is 46.7 Å². The average molecular weight is 999 g/mol. The Kier molecular flexibility index (Phi) is 13.2. The molecular weight excluding hydrogens is 943 g/mol. The zero-order valence-electron chi connectivity index (χ0n) is 41.1. The first-order chi connectivity index (χ1) is 33.9. The average Bonchev–Trinajstić information content (AvgIpc) is 4.07. The topological polar surface area (TPSA) is 156 Å². The molecule has 10 rings (SSSR count). The third kappa shape index (κ3) is 11.8. The number of nitrogens with zero attached hydrogens (tertiary/aromatic N) is 8. The van der Waals surface area contributed by atoms with E-state index in [0.717, 1.165) is 71.7 Å². The molecule has 0 unspecified atom stereocenters. The Hall–Kier alpha value is -7.12. The Bertz CT molecular complexity index is 2960. The van der Waals surface area contributed by atoms with E-state index in [-0.39, 0.29) is 34.4 Å². The smallest absolute Gasteiger partial charge is 0.421 e. The molecule has 2 aliphatic rings. The lowest BCUT2D eigenvalue weighted by atomic mass is 9.70. The molecule has 2 aliphatic carbocycles. The second kappa shape index (κ2) is 19.1. The van der Waals surface area contributed by atoms with Crippen LogP contribution in [-0.2, 0) is 0 Å². The van der Waals surface area contributed by atoms with Gasteiger partial charge in [0.05, 0.1) is 22.1 Å². The van der Waals surface area contributed by atoms with Crippen LogP contribution in [0.1, 0.15) is 104 Å². The SMILES string of the molecule is Cc1nnc(-c2ccc3c(c2)nc(Nc2ccc(OC(F)(F)F)cc2)n3[C@@H]2C[C@H](C)CC(C)(C)C2)o1.Cc1nnc(-c2ccc3c(c2)nc(Nc2ccc(OC(F)(F)F)cc2)n3[C@H]2C[C@@H](C)CC(C)(C)C2)o1. The van der Waals surface area contributed by atoms with Crippen molar-refractivity contribution in [3.8, 4) is 34.4 Å². The summed E-state index contributed by atoms with van der Waals surface area (Å²) in [7, 11) is 0. The van der Waals surface area contributed by atoms with Crippen molar-refractivity contribution in [2.75, 3.05) is 10.6 Å². The van der Waals surface area contributed by atoms with Crippen molar-refractivity contribution in [2.24, 2.45) is 22.7 Å². The number of aryl methyl sites for hydroxylation is 2. The van der Waals surface area contributed by atoms with Crippen LogP contribution in [0.2, 0.25) is 0 Å². The van der Waals surface area contributed by atoms with E-state index in [2.05, 4.69) is 91.2 Å². The zero-order chi connectivity index (χ0) is 51.3. The summed E-state index contributed by atoms with van der Waals surface area (Å²) in [5.74, 6) is 3.60. The molecule has 0 amide bonds. The van der Waals surface area contributed by atoms with Crippen molar-refractivity contribution < 1.29 is 44.7 Å². The third-order valence-electron chi connectivity index (χ3n) is 13.1. The number of benzene rings is 4. The molecule has 0 aliphatic heterocycles. The molecule has 8 aromatic rings. The first-order valence-electron chi connectivity index (χ1n) is 23.8. The summed E-state index contributed by atoms with van der Waals surface area (Å²) in [6.07, 6.45) is -3.18. The van der Waals surface area contributed by atoms with E-state index in [9.17, 15) is 26.3 Å². The first-order valence-corrected chi connectivity index (χ1v) is 23.8. The normalized spacial score (nSPS) is 20.0. The van der Waals surface area contributed by atoms with Crippen molar-refractivity contribution in [1.29, 1.82) is 0 Å². The van der Waals surface area contributed by atoms with Gasteiger partial charge in [-0.2, -0.15) is 0 Å². The Morgan fingerprint density at radius 2 is 0.917 bits per heavy atom. The fourth-order valence-electron chi connectivity index (χ4n) is 10.9. The molecule has 4 aromatic carbocycles. The van der Waals surface area contributed by atoms with Crippen LogP contribution in [0.3, 0.4) is 0 Å². The van der Waals surface area contributed by atoms with E-state index in [1.54, 1.807) is 38.1 Å². The number of alkyl halides is 6. The van der Waals surface area contributed by atoms with Gasteiger partial charge in [-0.25, -0.2) is 9.97 Å². The zero-order valence-corrected chi connectivity index (χ0v) is 41.1. The van der Waals surface area contributed by atoms with Crippen molar-refractivity contribution in [3.05, 3.63) is 96.7 Å².